The van der Waals surface area contributed by atoms with Gasteiger partial charge in [-0.3, -0.25) is 0 Å². The van der Waals surface area contributed by atoms with Gasteiger partial charge in [-0.1, -0.05) is 26.0 Å². The third-order valence-electron chi connectivity index (χ3n) is 3.11. The van der Waals surface area contributed by atoms with Crippen LogP contribution in [0.5, 0.6) is 5.88 Å². The fourth-order valence-corrected chi connectivity index (χ4v) is 2.03. The molecule has 0 aliphatic rings. The maximum Gasteiger partial charge on any atom is 0.242 e. The molecule has 0 amide bonds. The second kappa shape index (κ2) is 7.06. The second-order valence-electron chi connectivity index (χ2n) is 5.49. The molecule has 5 nitrogen and oxygen atoms in total. The van der Waals surface area contributed by atoms with E-state index in [1.165, 1.54) is 19.2 Å². The van der Waals surface area contributed by atoms with Crippen LogP contribution >= 0.6 is 0 Å². The number of nitrogen functional groups attached to an aromatic ring is 1. The van der Waals surface area contributed by atoms with E-state index in [-0.39, 0.29) is 5.82 Å². The van der Waals surface area contributed by atoms with Crippen LogP contribution in [0.4, 0.5) is 15.9 Å². The molecule has 0 radical (unpaired) electrons. The van der Waals surface area contributed by atoms with Gasteiger partial charge in [-0.15, -0.1) is 0 Å². The van der Waals surface area contributed by atoms with Gasteiger partial charge in [-0.25, -0.2) is 9.37 Å². The molecule has 0 unspecified atom stereocenters. The summed E-state index contributed by atoms with van der Waals surface area (Å²) in [6, 6.07) is 6.27. The van der Waals surface area contributed by atoms with Gasteiger partial charge in [0.15, 0.2) is 5.82 Å². The molecule has 22 heavy (non-hydrogen) atoms. The fourth-order valence-electron chi connectivity index (χ4n) is 2.03. The van der Waals surface area contributed by atoms with Gasteiger partial charge in [0.2, 0.25) is 5.88 Å². The molecule has 0 fully saturated rings. The number of aromatic nitrogens is 2. The van der Waals surface area contributed by atoms with Crippen molar-refractivity contribution in [2.24, 2.45) is 5.92 Å². The predicted molar refractivity (Wildman–Crippen MR) is 85.3 cm³/mol. The standard InChI is InChI=1S/C16H21FN4O/c1-10(2)8-13-20-15(14(18)16(21-13)22-3)19-9-11-4-6-12(17)7-5-11/h4-7,10H,8-9,18H2,1-3H3,(H,19,20,21). The van der Waals surface area contributed by atoms with Gasteiger partial charge < -0.3 is 15.8 Å². The Morgan fingerprint density at radius 2 is 1.91 bits per heavy atom. The van der Waals surface area contributed by atoms with Crippen molar-refractivity contribution in [3.05, 3.63) is 41.5 Å². The largest absolute Gasteiger partial charge is 0.479 e. The monoisotopic (exact) mass is 304 g/mol. The molecule has 0 aliphatic heterocycles. The van der Waals surface area contributed by atoms with Gasteiger partial charge in [-0.2, -0.15) is 4.98 Å². The number of nitrogens with two attached hydrogens (primary N) is 1. The number of hydrogen-bond acceptors (Lipinski definition) is 5. The summed E-state index contributed by atoms with van der Waals surface area (Å²) in [6.07, 6.45) is 0.738. The van der Waals surface area contributed by atoms with Crippen molar-refractivity contribution in [1.82, 2.24) is 9.97 Å². The Labute approximate surface area is 129 Å². The molecular weight excluding hydrogens is 283 g/mol. The first-order valence-electron chi connectivity index (χ1n) is 7.18. The molecule has 1 aromatic heterocycles. The molecule has 1 aromatic carbocycles. The summed E-state index contributed by atoms with van der Waals surface area (Å²) in [7, 11) is 1.53. The number of benzene rings is 1. The maximum atomic E-state index is 12.9. The first kappa shape index (κ1) is 16.0. The number of anilines is 2. The Balaban J connectivity index is 2.19. The van der Waals surface area contributed by atoms with Crippen LogP contribution in [0.1, 0.15) is 25.2 Å². The molecule has 0 atom stereocenters. The van der Waals surface area contributed by atoms with Crippen molar-refractivity contribution in [2.75, 3.05) is 18.2 Å². The smallest absolute Gasteiger partial charge is 0.242 e. The number of methoxy groups -OCH3 is 1. The van der Waals surface area contributed by atoms with E-state index in [9.17, 15) is 4.39 Å². The Morgan fingerprint density at radius 3 is 2.50 bits per heavy atom. The molecule has 118 valence electrons. The minimum absolute atomic E-state index is 0.258. The van der Waals surface area contributed by atoms with Gasteiger partial charge in [0.1, 0.15) is 17.3 Å². The van der Waals surface area contributed by atoms with E-state index in [1.807, 2.05) is 0 Å². The van der Waals surface area contributed by atoms with Gasteiger partial charge in [0.05, 0.1) is 7.11 Å². The molecule has 0 aliphatic carbocycles. The van der Waals surface area contributed by atoms with Crippen molar-refractivity contribution in [3.63, 3.8) is 0 Å². The summed E-state index contributed by atoms with van der Waals surface area (Å²) in [4.78, 5) is 8.76. The average Bonchev–Trinajstić information content (AvgIpc) is 2.48. The predicted octanol–water partition coefficient (Wildman–Crippen LogP) is 3.02. The van der Waals surface area contributed by atoms with E-state index in [0.717, 1.165) is 12.0 Å². The van der Waals surface area contributed by atoms with Crippen LogP contribution in [0.25, 0.3) is 0 Å². The number of nitrogens with zero attached hydrogens (tertiary/aromatic N) is 2. The summed E-state index contributed by atoms with van der Waals surface area (Å²) in [5.41, 5.74) is 7.32. The summed E-state index contributed by atoms with van der Waals surface area (Å²) in [6.45, 7) is 4.68. The Kier molecular flexibility index (Phi) is 5.14. The van der Waals surface area contributed by atoms with Crippen LogP contribution in [0.2, 0.25) is 0 Å². The molecule has 0 saturated carbocycles. The van der Waals surface area contributed by atoms with E-state index in [4.69, 9.17) is 10.5 Å². The topological polar surface area (TPSA) is 73.1 Å². The second-order valence-corrected chi connectivity index (χ2v) is 5.49. The highest BCUT2D eigenvalue weighted by Crippen LogP contribution is 2.26. The summed E-state index contributed by atoms with van der Waals surface area (Å²) in [5.74, 6) is 1.76. The number of rotatable bonds is 6. The first-order chi connectivity index (χ1) is 10.5. The van der Waals surface area contributed by atoms with E-state index in [2.05, 4.69) is 29.1 Å². The Morgan fingerprint density at radius 1 is 1.23 bits per heavy atom. The van der Waals surface area contributed by atoms with Crippen molar-refractivity contribution in [1.29, 1.82) is 0 Å². The van der Waals surface area contributed by atoms with Gasteiger partial charge in [0, 0.05) is 13.0 Å². The Bertz CT molecular complexity index is 629. The highest BCUT2D eigenvalue weighted by Gasteiger charge is 2.13. The normalized spacial score (nSPS) is 10.8. The number of nitrogens with one attached hydrogen (secondary N) is 1. The molecule has 0 bridgehead atoms. The SMILES string of the molecule is COc1nc(CC(C)C)nc(NCc2ccc(F)cc2)c1N. The fraction of sp³-hybridized carbons (Fsp3) is 0.375. The number of hydrogen-bond donors (Lipinski definition) is 2. The zero-order valence-electron chi connectivity index (χ0n) is 13.1. The van der Waals surface area contributed by atoms with Crippen molar-refractivity contribution in [2.45, 2.75) is 26.8 Å². The lowest BCUT2D eigenvalue weighted by Gasteiger charge is -2.13. The zero-order chi connectivity index (χ0) is 16.1. The van der Waals surface area contributed by atoms with Gasteiger partial charge in [0.25, 0.3) is 0 Å². The van der Waals surface area contributed by atoms with E-state index in [0.29, 0.717) is 35.7 Å². The van der Waals surface area contributed by atoms with Crippen LogP contribution in [-0.4, -0.2) is 17.1 Å². The highest BCUT2D eigenvalue weighted by atomic mass is 19.1. The zero-order valence-corrected chi connectivity index (χ0v) is 13.1. The molecular formula is C16H21FN4O. The minimum Gasteiger partial charge on any atom is -0.479 e. The number of halogens is 1. The van der Waals surface area contributed by atoms with Crippen LogP contribution in [0.3, 0.4) is 0 Å². The van der Waals surface area contributed by atoms with Crippen molar-refractivity contribution >= 4 is 11.5 Å². The number of ether oxygens (including phenoxy) is 1. The molecule has 0 spiro atoms. The van der Waals surface area contributed by atoms with E-state index in [1.54, 1.807) is 12.1 Å². The van der Waals surface area contributed by atoms with Gasteiger partial charge in [-0.05, 0) is 23.6 Å². The lowest BCUT2D eigenvalue weighted by atomic mass is 10.1. The summed E-state index contributed by atoms with van der Waals surface area (Å²) < 4.78 is 18.1. The van der Waals surface area contributed by atoms with E-state index < -0.39 is 0 Å². The van der Waals surface area contributed by atoms with Crippen LogP contribution in [0.15, 0.2) is 24.3 Å². The van der Waals surface area contributed by atoms with Crippen LogP contribution in [-0.2, 0) is 13.0 Å². The molecule has 2 rings (SSSR count). The lowest BCUT2D eigenvalue weighted by Crippen LogP contribution is -2.11. The highest BCUT2D eigenvalue weighted by molar-refractivity contribution is 5.67. The third-order valence-corrected chi connectivity index (χ3v) is 3.11. The molecule has 3 N–H and O–H groups in total. The van der Waals surface area contributed by atoms with Crippen molar-refractivity contribution < 1.29 is 9.13 Å². The first-order valence-corrected chi connectivity index (χ1v) is 7.18. The molecule has 0 saturated heterocycles. The lowest BCUT2D eigenvalue weighted by molar-refractivity contribution is 0.396. The third kappa shape index (κ3) is 4.07. The summed E-state index contributed by atoms with van der Waals surface area (Å²) >= 11 is 0. The molecule has 1 heterocycles. The average molecular weight is 304 g/mol. The van der Waals surface area contributed by atoms with Gasteiger partial charge >= 0.3 is 0 Å². The Hall–Kier alpha value is -2.37. The maximum absolute atomic E-state index is 12.9. The summed E-state index contributed by atoms with van der Waals surface area (Å²) in [5, 5.41) is 3.16. The van der Waals surface area contributed by atoms with Crippen molar-refractivity contribution in [3.8, 4) is 5.88 Å². The van der Waals surface area contributed by atoms with Crippen LogP contribution < -0.4 is 15.8 Å². The quantitative estimate of drug-likeness (QED) is 0.858. The van der Waals surface area contributed by atoms with Crippen LogP contribution in [0, 0.1) is 11.7 Å². The molecule has 6 heteroatoms. The molecule has 2 aromatic rings. The minimum atomic E-state index is -0.258. The van der Waals surface area contributed by atoms with E-state index >= 15 is 0 Å².